The van der Waals surface area contributed by atoms with Gasteiger partial charge in [-0.15, -0.1) is 0 Å². The molecule has 1 aromatic heterocycles. The summed E-state index contributed by atoms with van der Waals surface area (Å²) in [5, 5.41) is 0. The van der Waals surface area contributed by atoms with Gasteiger partial charge in [-0.2, -0.15) is 0 Å². The van der Waals surface area contributed by atoms with Gasteiger partial charge in [0.25, 0.3) is 0 Å². The summed E-state index contributed by atoms with van der Waals surface area (Å²) in [5.41, 5.74) is 2.92. The van der Waals surface area contributed by atoms with E-state index in [1.54, 1.807) is 0 Å². The quantitative estimate of drug-likeness (QED) is 0.808. The number of esters is 1. The van der Waals surface area contributed by atoms with Crippen molar-refractivity contribution in [2.24, 2.45) is 4.99 Å². The second-order valence-corrected chi connectivity index (χ2v) is 6.38. The van der Waals surface area contributed by atoms with Crippen LogP contribution in [0.25, 0.3) is 0 Å². The SMILES string of the molecule is CCc1sc(=Nc2cc(C)ccc2C)n(C(C)=O)c1OC(C)=O. The lowest BCUT2D eigenvalue weighted by molar-refractivity contribution is -0.132. The number of hydrogen-bond acceptors (Lipinski definition) is 5. The second kappa shape index (κ2) is 6.91. The Morgan fingerprint density at radius 2 is 1.96 bits per heavy atom. The Balaban J connectivity index is 2.73. The van der Waals surface area contributed by atoms with E-state index < -0.39 is 5.97 Å². The predicted octanol–water partition coefficient (Wildman–Crippen LogP) is 3.55. The first-order chi connectivity index (χ1) is 10.8. The molecule has 0 amide bonds. The van der Waals surface area contributed by atoms with Crippen LogP contribution in [0.5, 0.6) is 5.88 Å². The number of hydrogen-bond donors (Lipinski definition) is 0. The van der Waals surface area contributed by atoms with E-state index in [0.717, 1.165) is 21.7 Å². The van der Waals surface area contributed by atoms with E-state index >= 15 is 0 Å². The molecular formula is C17H20N2O3S. The topological polar surface area (TPSA) is 60.7 Å². The minimum Gasteiger partial charge on any atom is -0.408 e. The zero-order valence-corrected chi connectivity index (χ0v) is 14.8. The molecular weight excluding hydrogens is 312 g/mol. The van der Waals surface area contributed by atoms with Crippen LogP contribution in [0.2, 0.25) is 0 Å². The standard InChI is InChI=1S/C17H20N2O3S/c1-6-15-16(22-13(5)21)19(12(4)20)17(23-15)18-14-9-10(2)7-8-11(14)3/h7-9H,6H2,1-5H3. The number of benzene rings is 1. The van der Waals surface area contributed by atoms with Gasteiger partial charge in [0.05, 0.1) is 10.6 Å². The summed E-state index contributed by atoms with van der Waals surface area (Å²) in [7, 11) is 0. The predicted molar refractivity (Wildman–Crippen MR) is 90.4 cm³/mol. The molecule has 0 saturated heterocycles. The number of nitrogens with zero attached hydrogens (tertiary/aromatic N) is 2. The van der Waals surface area contributed by atoms with Crippen LogP contribution in [0.1, 0.15) is 41.6 Å². The number of aromatic nitrogens is 1. The van der Waals surface area contributed by atoms with Gasteiger partial charge in [0.15, 0.2) is 4.80 Å². The summed E-state index contributed by atoms with van der Waals surface area (Å²) in [6.07, 6.45) is 0.656. The number of thiazole rings is 1. The molecule has 0 N–H and O–H groups in total. The Bertz CT molecular complexity index is 831. The van der Waals surface area contributed by atoms with Crippen molar-refractivity contribution in [2.75, 3.05) is 0 Å². The molecule has 0 radical (unpaired) electrons. The Hall–Kier alpha value is -2.21. The van der Waals surface area contributed by atoms with Crippen molar-refractivity contribution in [3.63, 3.8) is 0 Å². The highest BCUT2D eigenvalue weighted by molar-refractivity contribution is 7.09. The van der Waals surface area contributed by atoms with Gasteiger partial charge in [-0.05, 0) is 37.5 Å². The van der Waals surface area contributed by atoms with Gasteiger partial charge in [-0.3, -0.25) is 9.59 Å². The first-order valence-corrected chi connectivity index (χ1v) is 8.21. The molecule has 0 atom stereocenters. The summed E-state index contributed by atoms with van der Waals surface area (Å²) in [6.45, 7) is 8.67. The van der Waals surface area contributed by atoms with Crippen LogP contribution in [0, 0.1) is 13.8 Å². The second-order valence-electron chi connectivity index (χ2n) is 5.32. The molecule has 2 rings (SSSR count). The maximum Gasteiger partial charge on any atom is 0.309 e. The third kappa shape index (κ3) is 3.76. The first-order valence-electron chi connectivity index (χ1n) is 7.39. The third-order valence-electron chi connectivity index (χ3n) is 3.30. The van der Waals surface area contributed by atoms with Gasteiger partial charge < -0.3 is 4.74 Å². The fourth-order valence-electron chi connectivity index (χ4n) is 2.17. The van der Waals surface area contributed by atoms with Crippen molar-refractivity contribution in [1.29, 1.82) is 0 Å². The van der Waals surface area contributed by atoms with E-state index in [1.807, 2.05) is 39.0 Å². The summed E-state index contributed by atoms with van der Waals surface area (Å²) in [5.74, 6) is -0.409. The van der Waals surface area contributed by atoms with Gasteiger partial charge in [-0.25, -0.2) is 9.56 Å². The molecule has 23 heavy (non-hydrogen) atoms. The molecule has 0 saturated carbocycles. The molecule has 0 unspecified atom stereocenters. The lowest BCUT2D eigenvalue weighted by atomic mass is 10.1. The Kier molecular flexibility index (Phi) is 5.15. The number of aryl methyl sites for hydroxylation is 3. The van der Waals surface area contributed by atoms with Crippen molar-refractivity contribution in [3.8, 4) is 5.88 Å². The molecule has 5 nitrogen and oxygen atoms in total. The summed E-state index contributed by atoms with van der Waals surface area (Å²) in [6, 6.07) is 5.98. The molecule has 122 valence electrons. The smallest absolute Gasteiger partial charge is 0.309 e. The van der Waals surface area contributed by atoms with Crippen LogP contribution in [0.4, 0.5) is 5.69 Å². The van der Waals surface area contributed by atoms with Crippen LogP contribution in [-0.4, -0.2) is 16.4 Å². The van der Waals surface area contributed by atoms with Crippen LogP contribution >= 0.6 is 11.3 Å². The summed E-state index contributed by atoms with van der Waals surface area (Å²) < 4.78 is 6.62. The number of carbonyl (C=O) groups is 2. The Morgan fingerprint density at radius 3 is 2.52 bits per heavy atom. The lowest BCUT2D eigenvalue weighted by Gasteiger charge is -2.06. The monoisotopic (exact) mass is 332 g/mol. The van der Waals surface area contributed by atoms with E-state index in [1.165, 1.54) is 29.8 Å². The Labute approximate surface area is 139 Å². The summed E-state index contributed by atoms with van der Waals surface area (Å²) >= 11 is 1.36. The fraction of sp³-hybridized carbons (Fsp3) is 0.353. The molecule has 0 bridgehead atoms. The minimum absolute atomic E-state index is 0.235. The molecule has 6 heteroatoms. The zero-order chi connectivity index (χ0) is 17.1. The van der Waals surface area contributed by atoms with Crippen molar-refractivity contribution in [2.45, 2.75) is 41.0 Å². The lowest BCUT2D eigenvalue weighted by Crippen LogP contribution is -2.22. The maximum absolute atomic E-state index is 12.1. The van der Waals surface area contributed by atoms with E-state index in [0.29, 0.717) is 11.2 Å². The average molecular weight is 332 g/mol. The molecule has 0 fully saturated rings. The number of ether oxygens (including phenoxy) is 1. The maximum atomic E-state index is 12.1. The molecule has 0 spiro atoms. The van der Waals surface area contributed by atoms with Crippen molar-refractivity contribution in [3.05, 3.63) is 39.0 Å². The molecule has 1 heterocycles. The van der Waals surface area contributed by atoms with Crippen molar-refractivity contribution >= 4 is 28.9 Å². The summed E-state index contributed by atoms with van der Waals surface area (Å²) in [4.78, 5) is 29.4. The van der Waals surface area contributed by atoms with Gasteiger partial charge >= 0.3 is 5.97 Å². The molecule has 0 aliphatic rings. The highest BCUT2D eigenvalue weighted by Gasteiger charge is 2.18. The van der Waals surface area contributed by atoms with Gasteiger partial charge in [0.2, 0.25) is 11.8 Å². The largest absolute Gasteiger partial charge is 0.408 e. The minimum atomic E-state index is -0.453. The van der Waals surface area contributed by atoms with Crippen LogP contribution in [0.3, 0.4) is 0 Å². The van der Waals surface area contributed by atoms with Crippen molar-refractivity contribution in [1.82, 2.24) is 4.57 Å². The first kappa shape index (κ1) is 17.1. The van der Waals surface area contributed by atoms with Crippen molar-refractivity contribution < 1.29 is 14.3 Å². The van der Waals surface area contributed by atoms with E-state index in [2.05, 4.69) is 4.99 Å². The van der Waals surface area contributed by atoms with Crippen LogP contribution in [0.15, 0.2) is 23.2 Å². The molecule has 2 aromatic rings. The van der Waals surface area contributed by atoms with Crippen LogP contribution in [-0.2, 0) is 11.2 Å². The zero-order valence-electron chi connectivity index (χ0n) is 14.0. The third-order valence-corrected chi connectivity index (χ3v) is 4.47. The van der Waals surface area contributed by atoms with Gasteiger partial charge in [0, 0.05) is 13.8 Å². The van der Waals surface area contributed by atoms with E-state index in [-0.39, 0.29) is 11.8 Å². The Morgan fingerprint density at radius 1 is 1.26 bits per heavy atom. The van der Waals surface area contributed by atoms with Gasteiger partial charge in [-0.1, -0.05) is 30.4 Å². The van der Waals surface area contributed by atoms with E-state index in [9.17, 15) is 9.59 Å². The number of rotatable bonds is 3. The highest BCUT2D eigenvalue weighted by atomic mass is 32.1. The normalized spacial score (nSPS) is 11.6. The molecule has 0 aliphatic carbocycles. The fourth-order valence-corrected chi connectivity index (χ4v) is 3.20. The molecule has 1 aromatic carbocycles. The van der Waals surface area contributed by atoms with Gasteiger partial charge in [0.1, 0.15) is 0 Å². The molecule has 0 aliphatic heterocycles. The number of carbonyl (C=O) groups excluding carboxylic acids is 2. The van der Waals surface area contributed by atoms with Crippen LogP contribution < -0.4 is 9.54 Å². The highest BCUT2D eigenvalue weighted by Crippen LogP contribution is 2.25. The van der Waals surface area contributed by atoms with E-state index in [4.69, 9.17) is 4.74 Å². The average Bonchev–Trinajstić information content (AvgIpc) is 2.79.